The Bertz CT molecular complexity index is 347. The average Bonchev–Trinajstić information content (AvgIpc) is 2.24. The summed E-state index contributed by atoms with van der Waals surface area (Å²) in [5.74, 6) is 0.427. The van der Waals surface area contributed by atoms with Crippen LogP contribution in [0.25, 0.3) is 0 Å². The average molecular weight is 220 g/mol. The van der Waals surface area contributed by atoms with E-state index in [1.165, 1.54) is 0 Å². The maximum absolute atomic E-state index is 11.5. The Morgan fingerprint density at radius 1 is 1.31 bits per heavy atom. The Morgan fingerprint density at radius 3 is 2.62 bits per heavy atom. The van der Waals surface area contributed by atoms with Crippen LogP contribution in [0, 0.1) is 5.92 Å². The first-order chi connectivity index (χ1) is 7.74. The highest BCUT2D eigenvalue weighted by Gasteiger charge is 2.26. The Kier molecular flexibility index (Phi) is 3.41. The van der Waals surface area contributed by atoms with Gasteiger partial charge in [0, 0.05) is 12.2 Å². The first-order valence-corrected chi connectivity index (χ1v) is 5.52. The van der Waals surface area contributed by atoms with Crippen molar-refractivity contribution in [3.8, 4) is 0 Å². The highest BCUT2D eigenvalue weighted by Crippen LogP contribution is 2.25. The number of rotatable bonds is 3. The van der Waals surface area contributed by atoms with Crippen LogP contribution in [0.15, 0.2) is 30.3 Å². The molecule has 2 amide bonds. The summed E-state index contributed by atoms with van der Waals surface area (Å²) in [7, 11) is 0. The number of urea groups is 1. The molecule has 1 aliphatic rings. The van der Waals surface area contributed by atoms with Crippen molar-refractivity contribution in [2.75, 3.05) is 11.9 Å². The lowest BCUT2D eigenvalue weighted by molar-refractivity contribution is 0.0443. The monoisotopic (exact) mass is 220 g/mol. The molecular weight excluding hydrogens is 204 g/mol. The summed E-state index contributed by atoms with van der Waals surface area (Å²) < 4.78 is 0. The molecule has 3 N–H and O–H groups in total. The molecule has 0 unspecified atom stereocenters. The van der Waals surface area contributed by atoms with Crippen LogP contribution in [0.2, 0.25) is 0 Å². The van der Waals surface area contributed by atoms with Gasteiger partial charge in [-0.3, -0.25) is 0 Å². The van der Waals surface area contributed by atoms with Gasteiger partial charge in [-0.1, -0.05) is 18.2 Å². The molecule has 0 aliphatic heterocycles. The molecule has 0 saturated heterocycles. The van der Waals surface area contributed by atoms with Crippen molar-refractivity contribution in [2.24, 2.45) is 5.92 Å². The molecule has 1 fully saturated rings. The van der Waals surface area contributed by atoms with Crippen LogP contribution in [0.5, 0.6) is 0 Å². The molecule has 0 aromatic heterocycles. The first kappa shape index (κ1) is 11.0. The molecule has 16 heavy (non-hydrogen) atoms. The number of benzene rings is 1. The number of amides is 2. The van der Waals surface area contributed by atoms with Crippen molar-refractivity contribution < 1.29 is 9.90 Å². The fourth-order valence-electron chi connectivity index (χ4n) is 1.80. The standard InChI is InChI=1S/C12H16N2O2/c15-11-6-9(7-11)8-13-12(16)14-10-4-2-1-3-5-10/h1-5,9,11,15H,6-8H2,(H2,13,14,16). The van der Waals surface area contributed by atoms with Gasteiger partial charge in [-0.25, -0.2) is 4.79 Å². The summed E-state index contributed by atoms with van der Waals surface area (Å²) in [6.07, 6.45) is 1.43. The Labute approximate surface area is 94.7 Å². The Balaban J connectivity index is 1.69. The minimum absolute atomic E-state index is 0.163. The Hall–Kier alpha value is -1.55. The SMILES string of the molecule is O=C(NCC1CC(O)C1)Nc1ccccc1. The lowest BCUT2D eigenvalue weighted by atomic mass is 9.82. The predicted molar refractivity (Wildman–Crippen MR) is 62.2 cm³/mol. The van der Waals surface area contributed by atoms with E-state index in [0.29, 0.717) is 12.5 Å². The number of anilines is 1. The number of para-hydroxylation sites is 1. The first-order valence-electron chi connectivity index (χ1n) is 5.52. The molecule has 0 radical (unpaired) electrons. The van der Waals surface area contributed by atoms with Crippen LogP contribution in [-0.2, 0) is 0 Å². The third-order valence-corrected chi connectivity index (χ3v) is 2.79. The zero-order chi connectivity index (χ0) is 11.4. The molecule has 4 nitrogen and oxygen atoms in total. The Morgan fingerprint density at radius 2 is 2.00 bits per heavy atom. The predicted octanol–water partition coefficient (Wildman–Crippen LogP) is 1.58. The highest BCUT2D eigenvalue weighted by atomic mass is 16.3. The molecule has 1 aromatic carbocycles. The number of aliphatic hydroxyl groups excluding tert-OH is 1. The lowest BCUT2D eigenvalue weighted by Crippen LogP contribution is -2.39. The number of carbonyl (C=O) groups excluding carboxylic acids is 1. The van der Waals surface area contributed by atoms with Crippen molar-refractivity contribution in [3.05, 3.63) is 30.3 Å². The van der Waals surface area contributed by atoms with Crippen molar-refractivity contribution in [2.45, 2.75) is 18.9 Å². The maximum Gasteiger partial charge on any atom is 0.319 e. The smallest absolute Gasteiger partial charge is 0.319 e. The summed E-state index contributed by atoms with van der Waals surface area (Å²) in [6.45, 7) is 0.635. The summed E-state index contributed by atoms with van der Waals surface area (Å²) >= 11 is 0. The number of nitrogens with one attached hydrogen (secondary N) is 2. The van der Waals surface area contributed by atoms with Gasteiger partial charge in [0.1, 0.15) is 0 Å². The van der Waals surface area contributed by atoms with Gasteiger partial charge in [0.15, 0.2) is 0 Å². The largest absolute Gasteiger partial charge is 0.393 e. The highest BCUT2D eigenvalue weighted by molar-refractivity contribution is 5.89. The van der Waals surface area contributed by atoms with E-state index in [1.54, 1.807) is 0 Å². The fraction of sp³-hybridized carbons (Fsp3) is 0.417. The summed E-state index contributed by atoms with van der Waals surface area (Å²) in [5.41, 5.74) is 0.786. The zero-order valence-corrected chi connectivity index (χ0v) is 9.02. The molecule has 4 heteroatoms. The third-order valence-electron chi connectivity index (χ3n) is 2.79. The van der Waals surface area contributed by atoms with Crippen LogP contribution in [0.1, 0.15) is 12.8 Å². The van der Waals surface area contributed by atoms with Crippen LogP contribution in [-0.4, -0.2) is 23.8 Å². The molecular formula is C12H16N2O2. The zero-order valence-electron chi connectivity index (χ0n) is 9.02. The molecule has 1 saturated carbocycles. The van der Waals surface area contributed by atoms with Crippen LogP contribution in [0.3, 0.4) is 0 Å². The molecule has 0 bridgehead atoms. The second kappa shape index (κ2) is 4.99. The van der Waals surface area contributed by atoms with E-state index in [-0.39, 0.29) is 12.1 Å². The fourth-order valence-corrected chi connectivity index (χ4v) is 1.80. The number of hydrogen-bond donors (Lipinski definition) is 3. The summed E-state index contributed by atoms with van der Waals surface area (Å²) in [4.78, 5) is 11.5. The molecule has 0 spiro atoms. The molecule has 1 aliphatic carbocycles. The minimum Gasteiger partial charge on any atom is -0.393 e. The second-order valence-corrected chi connectivity index (χ2v) is 4.19. The van der Waals surface area contributed by atoms with E-state index in [0.717, 1.165) is 18.5 Å². The van der Waals surface area contributed by atoms with Gasteiger partial charge in [-0.15, -0.1) is 0 Å². The van der Waals surface area contributed by atoms with Gasteiger partial charge in [0.2, 0.25) is 0 Å². The van der Waals surface area contributed by atoms with E-state index < -0.39 is 0 Å². The molecule has 2 rings (SSSR count). The van der Waals surface area contributed by atoms with Gasteiger partial charge in [-0.2, -0.15) is 0 Å². The van der Waals surface area contributed by atoms with Crippen molar-refractivity contribution in [1.82, 2.24) is 5.32 Å². The normalized spacial score (nSPS) is 23.3. The second-order valence-electron chi connectivity index (χ2n) is 4.19. The van der Waals surface area contributed by atoms with Crippen LogP contribution in [0.4, 0.5) is 10.5 Å². The minimum atomic E-state index is -0.187. The van der Waals surface area contributed by atoms with Crippen molar-refractivity contribution in [1.29, 1.82) is 0 Å². The molecule has 0 heterocycles. The van der Waals surface area contributed by atoms with Gasteiger partial charge in [0.25, 0.3) is 0 Å². The number of hydrogen-bond acceptors (Lipinski definition) is 2. The van der Waals surface area contributed by atoms with E-state index >= 15 is 0 Å². The lowest BCUT2D eigenvalue weighted by Gasteiger charge is -2.31. The van der Waals surface area contributed by atoms with Gasteiger partial charge < -0.3 is 15.7 Å². The van der Waals surface area contributed by atoms with Crippen LogP contribution < -0.4 is 10.6 Å². The van der Waals surface area contributed by atoms with Crippen LogP contribution >= 0.6 is 0 Å². The van der Waals surface area contributed by atoms with Crippen molar-refractivity contribution >= 4 is 11.7 Å². The number of aliphatic hydroxyl groups is 1. The topological polar surface area (TPSA) is 61.4 Å². The van der Waals surface area contributed by atoms with Gasteiger partial charge >= 0.3 is 6.03 Å². The summed E-state index contributed by atoms with van der Waals surface area (Å²) in [6, 6.07) is 9.14. The molecule has 0 atom stereocenters. The van der Waals surface area contributed by atoms with E-state index in [2.05, 4.69) is 10.6 Å². The quantitative estimate of drug-likeness (QED) is 0.724. The van der Waals surface area contributed by atoms with Gasteiger partial charge in [-0.05, 0) is 30.9 Å². The maximum atomic E-state index is 11.5. The van der Waals surface area contributed by atoms with E-state index in [1.807, 2.05) is 30.3 Å². The van der Waals surface area contributed by atoms with Crippen molar-refractivity contribution in [3.63, 3.8) is 0 Å². The molecule has 1 aromatic rings. The molecule has 86 valence electrons. The van der Waals surface area contributed by atoms with E-state index in [9.17, 15) is 4.79 Å². The van der Waals surface area contributed by atoms with Gasteiger partial charge in [0.05, 0.1) is 6.10 Å². The third kappa shape index (κ3) is 2.97. The number of carbonyl (C=O) groups is 1. The van der Waals surface area contributed by atoms with E-state index in [4.69, 9.17) is 5.11 Å². The summed E-state index contributed by atoms with van der Waals surface area (Å²) in [5, 5.41) is 14.6.